The molecule has 0 aliphatic rings. The number of aliphatic hydroxyl groups excluding tert-OH is 1. The molecule has 220 valence electrons. The molecule has 0 amide bonds. The zero-order valence-electron chi connectivity index (χ0n) is 23.4. The van der Waals surface area contributed by atoms with E-state index >= 15 is 0 Å². The molecule has 7 nitrogen and oxygen atoms in total. The summed E-state index contributed by atoms with van der Waals surface area (Å²) in [5, 5.41) is 11.6. The van der Waals surface area contributed by atoms with Crippen molar-refractivity contribution in [2.75, 3.05) is 26.3 Å². The van der Waals surface area contributed by atoms with Gasteiger partial charge in [0.05, 0.1) is 22.5 Å². The van der Waals surface area contributed by atoms with Crippen LogP contribution in [-0.4, -0.2) is 50.7 Å². The normalized spacial score (nSPS) is 12.2. The Morgan fingerprint density at radius 2 is 1.67 bits per heavy atom. The first-order chi connectivity index (χ1) is 20.3. The van der Waals surface area contributed by atoms with Crippen LogP contribution in [0.1, 0.15) is 29.7 Å². The molecule has 1 N–H and O–H groups in total. The number of nitrogens with zero attached hydrogens (tertiary/aromatic N) is 1. The molecule has 0 saturated heterocycles. The topological polar surface area (TPSA) is 93.1 Å². The van der Waals surface area contributed by atoms with Crippen LogP contribution in [0.2, 0.25) is 5.02 Å². The SMILES string of the molecule is CCOC(=O)COc1cccc(S(=O)(=O)c2ccccc2CCN(Cc2ccccc2)C[C@H](O)c2cccc(Cl)c2)c1. The van der Waals surface area contributed by atoms with Gasteiger partial charge < -0.3 is 14.6 Å². The van der Waals surface area contributed by atoms with Crippen molar-refractivity contribution in [1.82, 2.24) is 4.90 Å². The van der Waals surface area contributed by atoms with Gasteiger partial charge in [0.25, 0.3) is 0 Å². The van der Waals surface area contributed by atoms with Crippen molar-refractivity contribution in [3.05, 3.63) is 125 Å². The molecule has 0 fully saturated rings. The summed E-state index contributed by atoms with van der Waals surface area (Å²) in [6.45, 7) is 3.03. The van der Waals surface area contributed by atoms with E-state index < -0.39 is 21.9 Å². The van der Waals surface area contributed by atoms with E-state index in [0.717, 1.165) is 5.56 Å². The van der Waals surface area contributed by atoms with Crippen molar-refractivity contribution in [2.24, 2.45) is 0 Å². The molecule has 4 aromatic rings. The van der Waals surface area contributed by atoms with Crippen LogP contribution in [0.5, 0.6) is 5.75 Å². The Morgan fingerprint density at radius 3 is 2.43 bits per heavy atom. The summed E-state index contributed by atoms with van der Waals surface area (Å²) in [7, 11) is -3.90. The summed E-state index contributed by atoms with van der Waals surface area (Å²) < 4.78 is 37.9. The molecular weight excluding hydrogens is 574 g/mol. The molecule has 0 aliphatic carbocycles. The largest absolute Gasteiger partial charge is 0.482 e. The van der Waals surface area contributed by atoms with Gasteiger partial charge in [0.2, 0.25) is 9.84 Å². The molecule has 0 unspecified atom stereocenters. The summed E-state index contributed by atoms with van der Waals surface area (Å²) in [4.78, 5) is 14.0. The Bertz CT molecular complexity index is 1580. The van der Waals surface area contributed by atoms with Crippen molar-refractivity contribution in [1.29, 1.82) is 0 Å². The third-order valence-corrected chi connectivity index (χ3v) is 8.74. The first kappa shape index (κ1) is 31.3. The number of aliphatic hydroxyl groups is 1. The van der Waals surface area contributed by atoms with Crippen LogP contribution in [0.15, 0.2) is 113 Å². The molecule has 0 heterocycles. The van der Waals surface area contributed by atoms with Gasteiger partial charge in [-0.1, -0.05) is 78.3 Å². The Labute approximate surface area is 252 Å². The number of carbonyl (C=O) groups is 1. The second kappa shape index (κ2) is 15.0. The Kier molecular flexibility index (Phi) is 11.1. The number of benzene rings is 4. The second-order valence-electron chi connectivity index (χ2n) is 9.72. The second-order valence-corrected chi connectivity index (χ2v) is 12.1. The van der Waals surface area contributed by atoms with Gasteiger partial charge >= 0.3 is 5.97 Å². The highest BCUT2D eigenvalue weighted by molar-refractivity contribution is 7.91. The number of sulfone groups is 1. The van der Waals surface area contributed by atoms with Crippen molar-refractivity contribution < 1.29 is 27.8 Å². The zero-order chi connectivity index (χ0) is 30.0. The van der Waals surface area contributed by atoms with E-state index in [2.05, 4.69) is 4.90 Å². The van der Waals surface area contributed by atoms with E-state index in [0.29, 0.717) is 42.2 Å². The number of hydrogen-bond donors (Lipinski definition) is 1. The molecule has 1 atom stereocenters. The maximum Gasteiger partial charge on any atom is 0.344 e. The molecule has 0 aliphatic heterocycles. The van der Waals surface area contributed by atoms with E-state index in [-0.39, 0.29) is 28.8 Å². The lowest BCUT2D eigenvalue weighted by Gasteiger charge is -2.26. The van der Waals surface area contributed by atoms with E-state index in [4.69, 9.17) is 21.1 Å². The van der Waals surface area contributed by atoms with Gasteiger partial charge in [-0.25, -0.2) is 13.2 Å². The highest BCUT2D eigenvalue weighted by atomic mass is 35.5. The minimum atomic E-state index is -3.90. The van der Waals surface area contributed by atoms with Gasteiger partial charge in [0, 0.05) is 24.7 Å². The molecule has 42 heavy (non-hydrogen) atoms. The molecular formula is C33H34ClNO6S. The smallest absolute Gasteiger partial charge is 0.344 e. The third kappa shape index (κ3) is 8.66. The Morgan fingerprint density at radius 1 is 0.929 bits per heavy atom. The lowest BCUT2D eigenvalue weighted by Crippen LogP contribution is -2.30. The number of carbonyl (C=O) groups excluding carboxylic acids is 1. The molecule has 0 bridgehead atoms. The third-order valence-electron chi connectivity index (χ3n) is 6.65. The summed E-state index contributed by atoms with van der Waals surface area (Å²) in [6, 6.07) is 30.1. The average molecular weight is 608 g/mol. The molecule has 0 aromatic heterocycles. The highest BCUT2D eigenvalue weighted by Crippen LogP contribution is 2.28. The van der Waals surface area contributed by atoms with Crippen LogP contribution in [0, 0.1) is 0 Å². The molecule has 0 spiro atoms. The number of hydrogen-bond acceptors (Lipinski definition) is 7. The van der Waals surface area contributed by atoms with Gasteiger partial charge in [-0.3, -0.25) is 4.90 Å². The maximum absolute atomic E-state index is 13.8. The van der Waals surface area contributed by atoms with Gasteiger partial charge in [-0.15, -0.1) is 0 Å². The number of rotatable bonds is 14. The molecule has 9 heteroatoms. The van der Waals surface area contributed by atoms with Gasteiger partial charge in [0.1, 0.15) is 5.75 Å². The van der Waals surface area contributed by atoms with Crippen molar-refractivity contribution in [2.45, 2.75) is 35.8 Å². The molecule has 4 aromatic carbocycles. The van der Waals surface area contributed by atoms with Crippen molar-refractivity contribution in [3.63, 3.8) is 0 Å². The predicted molar refractivity (Wildman–Crippen MR) is 162 cm³/mol. The van der Waals surface area contributed by atoms with Crippen LogP contribution >= 0.6 is 11.6 Å². The van der Waals surface area contributed by atoms with Crippen LogP contribution in [0.25, 0.3) is 0 Å². The maximum atomic E-state index is 13.8. The standard InChI is InChI=1S/C33H34ClNO6S/c1-2-40-33(37)24-41-29-15-9-16-30(21-29)42(38,39)32-17-7-6-12-26(32)18-19-35(22-25-10-4-3-5-11-25)23-31(36)27-13-8-14-28(34)20-27/h3-17,20-21,31,36H,2,18-19,22-24H2,1H3/t31-/m0/s1. The first-order valence-electron chi connectivity index (χ1n) is 13.7. The van der Waals surface area contributed by atoms with Crippen LogP contribution in [0.4, 0.5) is 0 Å². The lowest BCUT2D eigenvalue weighted by atomic mass is 10.1. The predicted octanol–water partition coefficient (Wildman–Crippen LogP) is 5.89. The molecule has 0 saturated carbocycles. The van der Waals surface area contributed by atoms with E-state index in [1.807, 2.05) is 48.5 Å². The summed E-state index contributed by atoms with van der Waals surface area (Å²) in [6.07, 6.45) is -0.340. The first-order valence-corrected chi connectivity index (χ1v) is 15.5. The van der Waals surface area contributed by atoms with Gasteiger partial charge in [-0.2, -0.15) is 0 Å². The quantitative estimate of drug-likeness (QED) is 0.179. The van der Waals surface area contributed by atoms with Gasteiger partial charge in [-0.05, 0) is 66.4 Å². The monoisotopic (exact) mass is 607 g/mol. The Hall–Kier alpha value is -3.69. The number of halogens is 1. The minimum Gasteiger partial charge on any atom is -0.482 e. The number of esters is 1. The fourth-order valence-corrected chi connectivity index (χ4v) is 6.35. The molecule has 0 radical (unpaired) electrons. The van der Waals surface area contributed by atoms with Crippen LogP contribution in [0.3, 0.4) is 0 Å². The molecule has 4 rings (SSSR count). The summed E-state index contributed by atoms with van der Waals surface area (Å²) in [5.41, 5.74) is 2.45. The summed E-state index contributed by atoms with van der Waals surface area (Å²) >= 11 is 6.15. The van der Waals surface area contributed by atoms with E-state index in [1.54, 1.807) is 49.4 Å². The lowest BCUT2D eigenvalue weighted by molar-refractivity contribution is -0.145. The highest BCUT2D eigenvalue weighted by Gasteiger charge is 2.23. The number of ether oxygens (including phenoxy) is 2. The fourth-order valence-electron chi connectivity index (χ4n) is 4.59. The van der Waals surface area contributed by atoms with Crippen molar-refractivity contribution >= 4 is 27.4 Å². The Balaban J connectivity index is 1.54. The summed E-state index contributed by atoms with van der Waals surface area (Å²) in [5.74, 6) is -0.276. The van der Waals surface area contributed by atoms with Gasteiger partial charge in [0.15, 0.2) is 6.61 Å². The zero-order valence-corrected chi connectivity index (χ0v) is 24.9. The van der Waals surface area contributed by atoms with Crippen LogP contribution < -0.4 is 4.74 Å². The van der Waals surface area contributed by atoms with Crippen LogP contribution in [-0.2, 0) is 32.3 Å². The van der Waals surface area contributed by atoms with E-state index in [1.165, 1.54) is 12.1 Å². The minimum absolute atomic E-state index is 0.0637. The van der Waals surface area contributed by atoms with Crippen molar-refractivity contribution in [3.8, 4) is 5.75 Å². The fraction of sp³-hybridized carbons (Fsp3) is 0.242. The average Bonchev–Trinajstić information content (AvgIpc) is 3.00. The van der Waals surface area contributed by atoms with E-state index in [9.17, 15) is 18.3 Å².